The highest BCUT2D eigenvalue weighted by molar-refractivity contribution is 5.93. The topological polar surface area (TPSA) is 136 Å². The average Bonchev–Trinajstić information content (AvgIpc) is 2.91. The van der Waals surface area contributed by atoms with Gasteiger partial charge in [0.1, 0.15) is 29.9 Å². The van der Waals surface area contributed by atoms with E-state index in [0.29, 0.717) is 35.8 Å². The molecule has 0 radical (unpaired) electrons. The van der Waals surface area contributed by atoms with Crippen LogP contribution < -0.4 is 14.9 Å². The second kappa shape index (κ2) is 9.18. The summed E-state index contributed by atoms with van der Waals surface area (Å²) >= 11 is 0. The molecule has 2 heterocycles. The van der Waals surface area contributed by atoms with Crippen LogP contribution in [0.3, 0.4) is 0 Å². The first kappa shape index (κ1) is 23.1. The van der Waals surface area contributed by atoms with Crippen molar-refractivity contribution in [3.63, 3.8) is 0 Å². The fraction of sp³-hybridized carbons (Fsp3) is 0.185. The van der Waals surface area contributed by atoms with Crippen LogP contribution in [0.2, 0.25) is 0 Å². The van der Waals surface area contributed by atoms with Crippen molar-refractivity contribution in [1.29, 1.82) is 0 Å². The Morgan fingerprint density at radius 1 is 0.944 bits per heavy atom. The SMILES string of the molecule is COC(=O)C[C@@H](c1ccc2c(c1)OCCO2)c1c(O)c(O)c(O)c2c(=O)cc(-c3ccccc3)oc12. The van der Waals surface area contributed by atoms with Gasteiger partial charge < -0.3 is 33.9 Å². The normalized spacial score (nSPS) is 13.4. The summed E-state index contributed by atoms with van der Waals surface area (Å²) in [5.74, 6) is -2.87. The Labute approximate surface area is 204 Å². The zero-order valence-electron chi connectivity index (χ0n) is 19.2. The molecule has 3 aromatic carbocycles. The maximum Gasteiger partial charge on any atom is 0.306 e. The summed E-state index contributed by atoms with van der Waals surface area (Å²) in [4.78, 5) is 25.5. The van der Waals surface area contributed by atoms with Crippen molar-refractivity contribution >= 4 is 16.9 Å². The molecule has 1 atom stereocenters. The Morgan fingerprint density at radius 3 is 2.39 bits per heavy atom. The van der Waals surface area contributed by atoms with Gasteiger partial charge in [0.25, 0.3) is 0 Å². The van der Waals surface area contributed by atoms with Crippen LogP contribution in [0.5, 0.6) is 28.7 Å². The van der Waals surface area contributed by atoms with Gasteiger partial charge in [0, 0.05) is 23.1 Å². The Balaban J connectivity index is 1.81. The van der Waals surface area contributed by atoms with E-state index in [1.807, 2.05) is 0 Å². The van der Waals surface area contributed by atoms with E-state index >= 15 is 0 Å². The lowest BCUT2D eigenvalue weighted by Crippen LogP contribution is -2.16. The lowest BCUT2D eigenvalue weighted by atomic mass is 9.86. The molecule has 9 heteroatoms. The van der Waals surface area contributed by atoms with Crippen molar-refractivity contribution in [3.8, 4) is 40.1 Å². The molecule has 3 N–H and O–H groups in total. The molecule has 0 saturated heterocycles. The van der Waals surface area contributed by atoms with E-state index in [1.54, 1.807) is 48.5 Å². The van der Waals surface area contributed by atoms with Crippen molar-refractivity contribution in [3.05, 3.63) is 75.9 Å². The average molecular weight is 490 g/mol. The lowest BCUT2D eigenvalue weighted by molar-refractivity contribution is -0.140. The van der Waals surface area contributed by atoms with Gasteiger partial charge in [0.05, 0.1) is 13.5 Å². The number of esters is 1. The van der Waals surface area contributed by atoms with Gasteiger partial charge in [0.15, 0.2) is 28.4 Å². The summed E-state index contributed by atoms with van der Waals surface area (Å²) in [5.41, 5.74) is 0.218. The number of aromatic hydroxyl groups is 3. The van der Waals surface area contributed by atoms with Crippen molar-refractivity contribution in [2.24, 2.45) is 0 Å². The number of carbonyl (C=O) groups excluding carboxylic acids is 1. The van der Waals surface area contributed by atoms with Gasteiger partial charge >= 0.3 is 5.97 Å². The third-order valence-electron chi connectivity index (χ3n) is 6.11. The first-order chi connectivity index (χ1) is 17.4. The fourth-order valence-electron chi connectivity index (χ4n) is 4.35. The minimum absolute atomic E-state index is 0.0581. The first-order valence-electron chi connectivity index (χ1n) is 11.2. The van der Waals surface area contributed by atoms with Crippen LogP contribution in [-0.2, 0) is 9.53 Å². The van der Waals surface area contributed by atoms with E-state index < -0.39 is 34.6 Å². The van der Waals surface area contributed by atoms with Gasteiger partial charge in [-0.15, -0.1) is 0 Å². The number of ether oxygens (including phenoxy) is 3. The van der Waals surface area contributed by atoms with Gasteiger partial charge in [-0.1, -0.05) is 36.4 Å². The van der Waals surface area contributed by atoms with Crippen LogP contribution in [0.15, 0.2) is 63.8 Å². The number of benzene rings is 3. The molecule has 0 saturated carbocycles. The Bertz CT molecular complexity index is 1520. The van der Waals surface area contributed by atoms with Crippen molar-refractivity contribution < 1.29 is 38.7 Å². The number of rotatable bonds is 5. The van der Waals surface area contributed by atoms with Crippen LogP contribution in [-0.4, -0.2) is 41.6 Å². The predicted octanol–water partition coefficient (Wildman–Crippen LogP) is 4.04. The van der Waals surface area contributed by atoms with Crippen molar-refractivity contribution in [1.82, 2.24) is 0 Å². The fourth-order valence-corrected chi connectivity index (χ4v) is 4.35. The van der Waals surface area contributed by atoms with E-state index in [-0.39, 0.29) is 28.7 Å². The molecule has 0 amide bonds. The molecule has 0 spiro atoms. The van der Waals surface area contributed by atoms with E-state index in [4.69, 9.17) is 18.6 Å². The number of hydrogen-bond donors (Lipinski definition) is 3. The highest BCUT2D eigenvalue weighted by atomic mass is 16.6. The Kier molecular flexibility index (Phi) is 5.89. The summed E-state index contributed by atoms with van der Waals surface area (Å²) in [6.07, 6.45) is -0.276. The minimum atomic E-state index is -0.948. The molecule has 0 unspecified atom stereocenters. The summed E-state index contributed by atoms with van der Waals surface area (Å²) < 4.78 is 22.2. The smallest absolute Gasteiger partial charge is 0.306 e. The Morgan fingerprint density at radius 2 is 1.67 bits per heavy atom. The number of hydrogen-bond acceptors (Lipinski definition) is 9. The molecule has 1 aromatic heterocycles. The number of carbonyl (C=O) groups is 1. The van der Waals surface area contributed by atoms with E-state index in [9.17, 15) is 24.9 Å². The third-order valence-corrected chi connectivity index (χ3v) is 6.11. The van der Waals surface area contributed by atoms with Crippen LogP contribution in [0, 0.1) is 0 Å². The van der Waals surface area contributed by atoms with Crippen molar-refractivity contribution in [2.75, 3.05) is 20.3 Å². The van der Waals surface area contributed by atoms with Gasteiger partial charge in [-0.05, 0) is 17.7 Å². The van der Waals surface area contributed by atoms with Gasteiger partial charge in [0.2, 0.25) is 5.75 Å². The maximum absolute atomic E-state index is 13.1. The number of methoxy groups -OCH3 is 1. The molecule has 5 rings (SSSR count). The maximum atomic E-state index is 13.1. The summed E-state index contributed by atoms with van der Waals surface area (Å²) in [7, 11) is 1.23. The highest BCUT2D eigenvalue weighted by Gasteiger charge is 2.32. The zero-order valence-corrected chi connectivity index (χ0v) is 19.2. The molecule has 1 aliphatic heterocycles. The second-order valence-corrected chi connectivity index (χ2v) is 8.24. The molecule has 0 fully saturated rings. The van der Waals surface area contributed by atoms with E-state index in [2.05, 4.69) is 0 Å². The monoisotopic (exact) mass is 490 g/mol. The molecule has 184 valence electrons. The number of fused-ring (bicyclic) bond motifs is 2. The van der Waals surface area contributed by atoms with E-state index in [0.717, 1.165) is 0 Å². The number of phenols is 3. The molecule has 9 nitrogen and oxygen atoms in total. The predicted molar refractivity (Wildman–Crippen MR) is 129 cm³/mol. The zero-order chi connectivity index (χ0) is 25.4. The van der Waals surface area contributed by atoms with Gasteiger partial charge in [-0.25, -0.2) is 0 Å². The van der Waals surface area contributed by atoms with Crippen LogP contribution in [0.1, 0.15) is 23.5 Å². The molecule has 1 aliphatic rings. The minimum Gasteiger partial charge on any atom is -0.504 e. The van der Waals surface area contributed by atoms with Gasteiger partial charge in [-0.3, -0.25) is 9.59 Å². The third kappa shape index (κ3) is 3.94. The largest absolute Gasteiger partial charge is 0.504 e. The molecular formula is C27H22O9. The lowest BCUT2D eigenvalue weighted by Gasteiger charge is -2.23. The van der Waals surface area contributed by atoms with E-state index in [1.165, 1.54) is 13.2 Å². The van der Waals surface area contributed by atoms with Crippen molar-refractivity contribution in [2.45, 2.75) is 12.3 Å². The standard InChI is InChI=1S/C27H22O9/c1-33-21(29)12-16(15-7-8-18-20(11-15)35-10-9-34-18)22-24(30)26(32)25(31)23-17(28)13-19(36-27(22)23)14-5-3-2-4-6-14/h2-8,11,13,16,30-32H,9-10,12H2,1H3/t16-/m0/s1. The summed E-state index contributed by atoms with van der Waals surface area (Å²) in [5, 5.41) is 31.8. The van der Waals surface area contributed by atoms with Crippen LogP contribution in [0.4, 0.5) is 0 Å². The first-order valence-corrected chi connectivity index (χ1v) is 11.2. The molecule has 0 bridgehead atoms. The molecular weight excluding hydrogens is 468 g/mol. The number of phenolic OH excluding ortho intramolecular Hbond substituents is 3. The summed E-state index contributed by atoms with van der Waals surface area (Å²) in [6.45, 7) is 0.726. The molecule has 4 aromatic rings. The van der Waals surface area contributed by atoms with Crippen LogP contribution in [0.25, 0.3) is 22.3 Å². The van der Waals surface area contributed by atoms with Gasteiger partial charge in [-0.2, -0.15) is 0 Å². The molecule has 0 aliphatic carbocycles. The second-order valence-electron chi connectivity index (χ2n) is 8.24. The Hall–Kier alpha value is -4.66. The molecule has 36 heavy (non-hydrogen) atoms. The quantitative estimate of drug-likeness (QED) is 0.280. The van der Waals surface area contributed by atoms with Crippen LogP contribution >= 0.6 is 0 Å². The highest BCUT2D eigenvalue weighted by Crippen LogP contribution is 2.50. The summed E-state index contributed by atoms with van der Waals surface area (Å²) in [6, 6.07) is 15.0.